The molecule has 2 aromatic heterocycles. The molecule has 0 aromatic carbocycles. The van der Waals surface area contributed by atoms with Crippen molar-refractivity contribution >= 4 is 48.1 Å². The Balaban J connectivity index is 1.34. The average Bonchev–Trinajstić information content (AvgIpc) is 3.46. The fourth-order valence-electron chi connectivity index (χ4n) is 9.92. The predicted octanol–water partition coefficient (Wildman–Crippen LogP) is 6.22. The van der Waals surface area contributed by atoms with Crippen LogP contribution in [0.3, 0.4) is 0 Å². The number of aliphatic carboxylic acids is 1. The molecule has 1 saturated heterocycles. The highest BCUT2D eigenvalue weighted by Crippen LogP contribution is 2.67. The van der Waals surface area contributed by atoms with Gasteiger partial charge in [-0.25, -0.2) is 4.98 Å². The summed E-state index contributed by atoms with van der Waals surface area (Å²) < 4.78 is 38.0. The number of nitrogens with one attached hydrogen (secondary N) is 1. The molecule has 2 unspecified atom stereocenters. The van der Waals surface area contributed by atoms with E-state index in [1.807, 2.05) is 0 Å². The maximum atomic E-state index is 13.3. The van der Waals surface area contributed by atoms with Crippen LogP contribution in [-0.2, 0) is 32.7 Å². The lowest BCUT2D eigenvalue weighted by molar-refractivity contribution is -0.155. The minimum Gasteiger partial charge on any atom is -0.481 e. The number of nitrogens with zero attached hydrogens (tertiary/aromatic N) is 4. The zero-order valence-corrected chi connectivity index (χ0v) is 28.8. The van der Waals surface area contributed by atoms with Gasteiger partial charge >= 0.3 is 19.5 Å². The molecule has 2 N–H and O–H groups in total. The number of aromatic nitrogens is 4. The zero-order valence-electron chi connectivity index (χ0n) is 27.2. The molecule has 13 nitrogen and oxygen atoms in total. The number of hydrogen-bond donors (Lipinski definition) is 2. The van der Waals surface area contributed by atoms with E-state index in [4.69, 9.17) is 35.1 Å². The quantitative estimate of drug-likeness (QED) is 0.140. The van der Waals surface area contributed by atoms with Crippen molar-refractivity contribution in [1.82, 2.24) is 19.5 Å². The van der Waals surface area contributed by atoms with Gasteiger partial charge in [-0.2, -0.15) is 9.97 Å². The number of fused-ring (bicyclic) bond motifs is 1. The molecular weight excluding hydrogens is 637 g/mol. The van der Waals surface area contributed by atoms with Gasteiger partial charge in [-0.1, -0.05) is 13.8 Å². The highest BCUT2D eigenvalue weighted by molar-refractivity contribution is 7.53. The first-order valence-electron chi connectivity index (χ1n) is 16.3. The van der Waals surface area contributed by atoms with Gasteiger partial charge in [0.2, 0.25) is 5.28 Å². The number of carbonyl (C=O) groups is 2. The van der Waals surface area contributed by atoms with Gasteiger partial charge in [-0.15, -0.1) is 0 Å². The number of carboxylic acid groups (broad SMARTS) is 1. The Morgan fingerprint density at radius 2 is 1.80 bits per heavy atom. The summed E-state index contributed by atoms with van der Waals surface area (Å²) in [5, 5.41) is 13.6. The van der Waals surface area contributed by atoms with Crippen molar-refractivity contribution in [2.24, 2.45) is 22.7 Å². The summed E-state index contributed by atoms with van der Waals surface area (Å²) in [7, 11) is -3.45. The van der Waals surface area contributed by atoms with Crippen molar-refractivity contribution < 1.29 is 37.8 Å². The molecule has 4 saturated carbocycles. The maximum absolute atomic E-state index is 13.3. The van der Waals surface area contributed by atoms with E-state index in [0.29, 0.717) is 22.9 Å². The summed E-state index contributed by atoms with van der Waals surface area (Å²) >= 11 is 6.54. The van der Waals surface area contributed by atoms with E-state index in [2.05, 4.69) is 29.1 Å². The molecule has 3 heterocycles. The van der Waals surface area contributed by atoms with Crippen LogP contribution in [0.1, 0.15) is 92.2 Å². The van der Waals surface area contributed by atoms with Gasteiger partial charge in [0.1, 0.15) is 0 Å². The molecule has 8 atom stereocenters. The second-order valence-electron chi connectivity index (χ2n) is 14.6. The van der Waals surface area contributed by atoms with Gasteiger partial charge in [-0.05, 0) is 87.1 Å². The van der Waals surface area contributed by atoms with Crippen LogP contribution in [0.5, 0.6) is 0 Å². The fraction of sp³-hybridized carbons (Fsp3) is 0.774. The highest BCUT2D eigenvalue weighted by atomic mass is 35.5. The van der Waals surface area contributed by atoms with Crippen LogP contribution < -0.4 is 5.32 Å². The van der Waals surface area contributed by atoms with E-state index in [-0.39, 0.29) is 53.9 Å². The summed E-state index contributed by atoms with van der Waals surface area (Å²) in [6, 6.07) is 0. The normalized spacial score (nSPS) is 35.1. The Kier molecular flexibility index (Phi) is 8.98. The van der Waals surface area contributed by atoms with E-state index in [0.717, 1.165) is 19.3 Å². The largest absolute Gasteiger partial charge is 0.481 e. The number of carboxylic acids is 1. The topological polar surface area (TPSA) is 164 Å². The smallest absolute Gasteiger partial charge is 0.330 e. The fourth-order valence-corrected chi connectivity index (χ4v) is 11.8. The Morgan fingerprint density at radius 1 is 1.13 bits per heavy atom. The van der Waals surface area contributed by atoms with E-state index < -0.39 is 43.9 Å². The average molecular weight is 682 g/mol. The molecule has 5 fully saturated rings. The standard InChI is InChI=1S/C31H45ClN5O8P/c1-6-42-46(41,43-7-2)9-8-21-20(10-22(39)40)24(44-18(3)38)27(45-21)37-17-33-23-25(34-28(32)35-26(23)37)36-31-13-19-11-29(4,15-31)14-30(5,12-19)16-31/h17,19-21,24,27H,6-16H2,1-5H3,(H,39,40)(H,34,35,36)/t19?,20-,21-,24-,27-,29-,30+,31?/m1/s1. The Hall–Kier alpha value is -2.31. The predicted molar refractivity (Wildman–Crippen MR) is 170 cm³/mol. The van der Waals surface area contributed by atoms with Crippen LogP contribution in [0.15, 0.2) is 6.33 Å². The van der Waals surface area contributed by atoms with Crippen molar-refractivity contribution in [2.45, 2.75) is 110 Å². The number of imidazole rings is 1. The van der Waals surface area contributed by atoms with E-state index in [1.54, 1.807) is 18.4 Å². The van der Waals surface area contributed by atoms with Crippen molar-refractivity contribution in [3.05, 3.63) is 11.6 Å². The molecule has 4 bridgehead atoms. The SMILES string of the molecule is CCOP(=O)(CC[C@H]1O[C@@H](n2cnc3c(NC45CC6C[C@@](C)(C4)C[C@](C)(C6)C5)nc(Cl)nc32)[C@H](OC(C)=O)[C@@H]1CC(=O)O)OCC. The minimum absolute atomic E-state index is 0.00261. The summed E-state index contributed by atoms with van der Waals surface area (Å²) in [4.78, 5) is 38.1. The van der Waals surface area contributed by atoms with Crippen LogP contribution in [0, 0.1) is 22.7 Å². The molecule has 2 aromatic rings. The molecule has 0 radical (unpaired) electrons. The molecule has 4 aliphatic carbocycles. The second-order valence-corrected chi connectivity index (χ2v) is 17.1. The van der Waals surface area contributed by atoms with Crippen LogP contribution in [0.2, 0.25) is 5.28 Å². The first-order valence-corrected chi connectivity index (χ1v) is 18.4. The summed E-state index contributed by atoms with van der Waals surface area (Å²) in [5.41, 5.74) is 1.28. The lowest BCUT2D eigenvalue weighted by Gasteiger charge is -2.65. The van der Waals surface area contributed by atoms with Crippen molar-refractivity contribution in [2.75, 3.05) is 24.7 Å². The summed E-state index contributed by atoms with van der Waals surface area (Å²) in [6.07, 6.45) is 5.51. The van der Waals surface area contributed by atoms with Crippen LogP contribution in [0.4, 0.5) is 5.82 Å². The van der Waals surface area contributed by atoms with Gasteiger partial charge in [0.15, 0.2) is 29.3 Å². The molecule has 1 aliphatic heterocycles. The van der Waals surface area contributed by atoms with Crippen molar-refractivity contribution in [3.63, 3.8) is 0 Å². The first-order chi connectivity index (χ1) is 21.7. The number of ether oxygens (including phenoxy) is 2. The number of halogens is 1. The molecule has 0 amide bonds. The van der Waals surface area contributed by atoms with Gasteiger partial charge in [0.25, 0.3) is 0 Å². The third-order valence-electron chi connectivity index (χ3n) is 10.2. The third kappa shape index (κ3) is 6.55. The number of rotatable bonds is 13. The van der Waals surface area contributed by atoms with Gasteiger partial charge in [-0.3, -0.25) is 18.7 Å². The van der Waals surface area contributed by atoms with Gasteiger partial charge in [0, 0.05) is 18.4 Å². The summed E-state index contributed by atoms with van der Waals surface area (Å²) in [6.45, 7) is 9.91. The van der Waals surface area contributed by atoms with Crippen LogP contribution >= 0.6 is 19.2 Å². The van der Waals surface area contributed by atoms with Crippen LogP contribution in [-0.4, -0.2) is 73.7 Å². The third-order valence-corrected chi connectivity index (χ3v) is 12.5. The number of esters is 1. The van der Waals surface area contributed by atoms with Crippen LogP contribution in [0.25, 0.3) is 11.2 Å². The first kappa shape index (κ1) is 33.6. The lowest BCUT2D eigenvalue weighted by Crippen LogP contribution is -2.61. The Bertz CT molecular complexity index is 1530. The Labute approximate surface area is 274 Å². The van der Waals surface area contributed by atoms with E-state index in [1.165, 1.54) is 32.5 Å². The molecule has 0 spiro atoms. The Morgan fingerprint density at radius 3 is 2.39 bits per heavy atom. The van der Waals surface area contributed by atoms with Crippen molar-refractivity contribution in [3.8, 4) is 0 Å². The molecular formula is C31H45ClN5O8P. The zero-order chi connectivity index (χ0) is 33.1. The van der Waals surface area contributed by atoms with Crippen molar-refractivity contribution in [1.29, 1.82) is 0 Å². The van der Waals surface area contributed by atoms with E-state index in [9.17, 15) is 19.3 Å². The maximum Gasteiger partial charge on any atom is 0.330 e. The highest BCUT2D eigenvalue weighted by Gasteiger charge is 2.60. The molecule has 46 heavy (non-hydrogen) atoms. The number of hydrogen-bond acceptors (Lipinski definition) is 11. The molecule has 254 valence electrons. The number of anilines is 1. The van der Waals surface area contributed by atoms with Gasteiger partial charge in [0.05, 0.1) is 38.2 Å². The second kappa shape index (κ2) is 12.3. The molecule has 15 heteroatoms. The van der Waals surface area contributed by atoms with E-state index >= 15 is 0 Å². The monoisotopic (exact) mass is 681 g/mol. The summed E-state index contributed by atoms with van der Waals surface area (Å²) in [5.74, 6) is -1.24. The molecule has 7 rings (SSSR count). The lowest BCUT2D eigenvalue weighted by atomic mass is 9.43. The minimum atomic E-state index is -3.45. The number of carbonyl (C=O) groups excluding carboxylic acids is 1. The molecule has 5 aliphatic rings. The van der Waals surface area contributed by atoms with Gasteiger partial charge < -0.3 is 28.9 Å².